The van der Waals surface area contributed by atoms with Crippen LogP contribution >= 0.6 is 0 Å². The molecule has 0 aliphatic rings. The second-order valence-electron chi connectivity index (χ2n) is 16.0. The Hall–Kier alpha value is -2.89. The van der Waals surface area contributed by atoms with E-state index in [4.69, 9.17) is 14.2 Å². The molecule has 0 heterocycles. The first kappa shape index (κ1) is 55.1. The van der Waals surface area contributed by atoms with Gasteiger partial charge in [-0.25, -0.2) is 0 Å². The van der Waals surface area contributed by atoms with E-state index in [1.807, 2.05) is 0 Å². The first-order chi connectivity index (χ1) is 28.5. The number of unbranched alkanes of at least 4 members (excludes halogenated alkanes) is 22. The van der Waals surface area contributed by atoms with Crippen molar-refractivity contribution in [1.29, 1.82) is 0 Å². The summed E-state index contributed by atoms with van der Waals surface area (Å²) >= 11 is 0. The van der Waals surface area contributed by atoms with Gasteiger partial charge in [0.15, 0.2) is 6.10 Å². The number of esters is 3. The average molecular weight is 811 g/mol. The van der Waals surface area contributed by atoms with Gasteiger partial charge >= 0.3 is 17.9 Å². The lowest BCUT2D eigenvalue weighted by Gasteiger charge is -2.18. The Bertz CT molecular complexity index is 1070. The summed E-state index contributed by atoms with van der Waals surface area (Å²) in [5, 5.41) is 0. The molecule has 0 saturated heterocycles. The third-order valence-electron chi connectivity index (χ3n) is 10.3. The van der Waals surface area contributed by atoms with E-state index in [2.05, 4.69) is 81.5 Å². The summed E-state index contributed by atoms with van der Waals surface area (Å²) in [5.41, 5.74) is 0. The first-order valence-electron chi connectivity index (χ1n) is 24.3. The quantitative estimate of drug-likeness (QED) is 0.0264. The van der Waals surface area contributed by atoms with Crippen LogP contribution in [0.5, 0.6) is 0 Å². The molecule has 0 aliphatic heterocycles. The topological polar surface area (TPSA) is 78.9 Å². The summed E-state index contributed by atoms with van der Waals surface area (Å²) in [4.78, 5) is 37.6. The van der Waals surface area contributed by atoms with E-state index in [1.165, 1.54) is 96.3 Å². The Balaban J connectivity index is 4.15. The molecular weight excluding hydrogens is 721 g/mol. The largest absolute Gasteiger partial charge is 0.462 e. The van der Waals surface area contributed by atoms with Gasteiger partial charge in [-0.15, -0.1) is 0 Å². The summed E-state index contributed by atoms with van der Waals surface area (Å²) in [7, 11) is 0. The maximum atomic E-state index is 12.7. The molecule has 0 aromatic rings. The molecule has 0 N–H and O–H groups in total. The maximum absolute atomic E-state index is 12.7. The predicted octanol–water partition coefficient (Wildman–Crippen LogP) is 15.7. The zero-order valence-electron chi connectivity index (χ0n) is 38.0. The third kappa shape index (κ3) is 44.2. The fourth-order valence-corrected chi connectivity index (χ4v) is 6.59. The van der Waals surface area contributed by atoms with Crippen molar-refractivity contribution in [3.05, 3.63) is 60.8 Å². The highest BCUT2D eigenvalue weighted by Gasteiger charge is 2.19. The van der Waals surface area contributed by atoms with Crippen molar-refractivity contribution in [3.63, 3.8) is 0 Å². The van der Waals surface area contributed by atoms with E-state index in [9.17, 15) is 14.4 Å². The number of hydrogen-bond acceptors (Lipinski definition) is 6. The summed E-state index contributed by atoms with van der Waals surface area (Å²) in [6.07, 6.45) is 56.6. The molecule has 0 fully saturated rings. The second-order valence-corrected chi connectivity index (χ2v) is 16.0. The van der Waals surface area contributed by atoms with Crippen LogP contribution in [0.3, 0.4) is 0 Å². The van der Waals surface area contributed by atoms with Gasteiger partial charge in [0.1, 0.15) is 13.2 Å². The van der Waals surface area contributed by atoms with Crippen LogP contribution in [-0.4, -0.2) is 37.2 Å². The Morgan fingerprint density at radius 1 is 0.362 bits per heavy atom. The lowest BCUT2D eigenvalue weighted by atomic mass is 10.1. The Kier molecular flexibility index (Phi) is 44.5. The number of ether oxygens (including phenoxy) is 3. The zero-order chi connectivity index (χ0) is 42.3. The van der Waals surface area contributed by atoms with Gasteiger partial charge in [0.2, 0.25) is 0 Å². The molecule has 1 atom stereocenters. The van der Waals surface area contributed by atoms with Crippen LogP contribution in [0.2, 0.25) is 0 Å². The first-order valence-corrected chi connectivity index (χ1v) is 24.3. The molecule has 0 amide bonds. The van der Waals surface area contributed by atoms with Crippen LogP contribution in [0.4, 0.5) is 0 Å². The van der Waals surface area contributed by atoms with Gasteiger partial charge in [0, 0.05) is 19.3 Å². The van der Waals surface area contributed by atoms with Gasteiger partial charge < -0.3 is 14.2 Å². The van der Waals surface area contributed by atoms with Gasteiger partial charge in [-0.3, -0.25) is 14.4 Å². The monoisotopic (exact) mass is 811 g/mol. The average Bonchev–Trinajstić information content (AvgIpc) is 3.22. The lowest BCUT2D eigenvalue weighted by molar-refractivity contribution is -0.167. The molecule has 58 heavy (non-hydrogen) atoms. The normalized spacial score (nSPS) is 12.5. The highest BCUT2D eigenvalue weighted by atomic mass is 16.6. The van der Waals surface area contributed by atoms with E-state index >= 15 is 0 Å². The molecule has 0 spiro atoms. The molecule has 334 valence electrons. The SMILES string of the molecule is CC/C=C\C/C=C\C/C=C\C/C=C\CCCCCCCCCCCCC(=O)OCC(COC(=O)CCCCCCCC)OC(=O)CCCCCCC/C=C\CCCC. The predicted molar refractivity (Wildman–Crippen MR) is 247 cm³/mol. The highest BCUT2D eigenvalue weighted by Crippen LogP contribution is 2.14. The van der Waals surface area contributed by atoms with Crippen LogP contribution in [0.25, 0.3) is 0 Å². The van der Waals surface area contributed by atoms with Crippen LogP contribution in [0, 0.1) is 0 Å². The minimum Gasteiger partial charge on any atom is -0.462 e. The number of carbonyl (C=O) groups excluding carboxylic acids is 3. The van der Waals surface area contributed by atoms with Crippen molar-refractivity contribution in [3.8, 4) is 0 Å². The molecule has 0 aromatic heterocycles. The third-order valence-corrected chi connectivity index (χ3v) is 10.3. The van der Waals surface area contributed by atoms with Crippen molar-refractivity contribution in [2.45, 2.75) is 239 Å². The molecule has 0 bridgehead atoms. The van der Waals surface area contributed by atoms with Crippen LogP contribution < -0.4 is 0 Å². The van der Waals surface area contributed by atoms with Crippen LogP contribution in [0.15, 0.2) is 60.8 Å². The fraction of sp³-hybridized carbons (Fsp3) is 0.750. The van der Waals surface area contributed by atoms with Gasteiger partial charge in [-0.1, -0.05) is 197 Å². The smallest absolute Gasteiger partial charge is 0.306 e. The Morgan fingerprint density at radius 2 is 0.690 bits per heavy atom. The fourth-order valence-electron chi connectivity index (χ4n) is 6.59. The lowest BCUT2D eigenvalue weighted by Crippen LogP contribution is -2.30. The molecule has 6 nitrogen and oxygen atoms in total. The summed E-state index contributed by atoms with van der Waals surface area (Å²) in [6, 6.07) is 0. The summed E-state index contributed by atoms with van der Waals surface area (Å²) in [6.45, 7) is 6.41. The zero-order valence-corrected chi connectivity index (χ0v) is 38.0. The molecule has 1 unspecified atom stereocenters. The van der Waals surface area contributed by atoms with Crippen molar-refractivity contribution in [2.24, 2.45) is 0 Å². The van der Waals surface area contributed by atoms with E-state index in [1.54, 1.807) is 0 Å². The molecular formula is C52H90O6. The number of rotatable bonds is 43. The number of allylic oxidation sites excluding steroid dienone is 10. The Morgan fingerprint density at radius 3 is 1.12 bits per heavy atom. The highest BCUT2D eigenvalue weighted by molar-refractivity contribution is 5.71. The van der Waals surface area contributed by atoms with E-state index in [-0.39, 0.29) is 31.1 Å². The van der Waals surface area contributed by atoms with Gasteiger partial charge in [0.05, 0.1) is 0 Å². The van der Waals surface area contributed by atoms with Crippen molar-refractivity contribution in [2.75, 3.05) is 13.2 Å². The summed E-state index contributed by atoms with van der Waals surface area (Å²) in [5.74, 6) is -0.903. The molecule has 6 heteroatoms. The van der Waals surface area contributed by atoms with Crippen molar-refractivity contribution < 1.29 is 28.6 Å². The number of hydrogen-bond donors (Lipinski definition) is 0. The van der Waals surface area contributed by atoms with Gasteiger partial charge in [0.25, 0.3) is 0 Å². The van der Waals surface area contributed by atoms with E-state index in [0.29, 0.717) is 19.3 Å². The minimum absolute atomic E-state index is 0.0786. The van der Waals surface area contributed by atoms with E-state index in [0.717, 1.165) is 96.3 Å². The van der Waals surface area contributed by atoms with Gasteiger partial charge in [-0.2, -0.15) is 0 Å². The molecule has 0 aromatic carbocycles. The van der Waals surface area contributed by atoms with Crippen LogP contribution in [-0.2, 0) is 28.6 Å². The maximum Gasteiger partial charge on any atom is 0.306 e. The Labute approximate surface area is 358 Å². The number of carbonyl (C=O) groups is 3. The van der Waals surface area contributed by atoms with Crippen molar-refractivity contribution in [1.82, 2.24) is 0 Å². The second kappa shape index (κ2) is 46.8. The van der Waals surface area contributed by atoms with Crippen LogP contribution in [0.1, 0.15) is 233 Å². The van der Waals surface area contributed by atoms with E-state index < -0.39 is 6.10 Å². The molecule has 0 saturated carbocycles. The summed E-state index contributed by atoms with van der Waals surface area (Å²) < 4.78 is 16.6. The minimum atomic E-state index is -0.774. The van der Waals surface area contributed by atoms with Gasteiger partial charge in [-0.05, 0) is 77.0 Å². The molecule has 0 rings (SSSR count). The standard InChI is InChI=1S/C52H90O6/c1-4-7-10-13-16-18-20-21-22-23-24-25-26-27-28-29-30-31-33-34-36-39-42-45-51(54)57-48-49(47-56-50(53)44-41-38-15-12-9-6-3)58-52(55)46-43-40-37-35-32-19-17-14-11-8-5-2/h7,10,14,16-18,21-22,24-25,49H,4-6,8-9,11-13,15,19-20,23,26-48H2,1-3H3/b10-7-,17-14-,18-16-,22-21-,25-24-. The van der Waals surface area contributed by atoms with Crippen molar-refractivity contribution >= 4 is 17.9 Å². The molecule has 0 aliphatic carbocycles. The molecule has 0 radical (unpaired) electrons.